The summed E-state index contributed by atoms with van der Waals surface area (Å²) < 4.78 is 32.7. The topological polar surface area (TPSA) is 72.5 Å². The third-order valence-corrected chi connectivity index (χ3v) is 6.56. The van der Waals surface area contributed by atoms with E-state index in [1.165, 1.54) is 0 Å². The molecule has 2 aromatic heterocycles. The number of carbonyl (C=O) groups excluding carboxylic acids is 1. The van der Waals surface area contributed by atoms with Gasteiger partial charge in [0.15, 0.2) is 15.6 Å². The molecular weight excluding hydrogens is 364 g/mol. The lowest BCUT2D eigenvalue weighted by Crippen LogP contribution is -2.40. The van der Waals surface area contributed by atoms with Gasteiger partial charge in [0.2, 0.25) is 0 Å². The van der Waals surface area contributed by atoms with Crippen LogP contribution in [0.1, 0.15) is 35.0 Å². The molecular formula is C20H20N2O4S. The van der Waals surface area contributed by atoms with Gasteiger partial charge in [-0.3, -0.25) is 4.79 Å². The number of fused-ring (bicyclic) bond motifs is 1. The Bertz CT molecular complexity index is 1070. The van der Waals surface area contributed by atoms with Crippen molar-refractivity contribution in [1.82, 2.24) is 9.47 Å². The summed E-state index contributed by atoms with van der Waals surface area (Å²) in [6.07, 6.45) is 2.01. The summed E-state index contributed by atoms with van der Waals surface area (Å²) in [5, 5.41) is 0. The molecule has 27 heavy (non-hydrogen) atoms. The maximum atomic E-state index is 12.9. The summed E-state index contributed by atoms with van der Waals surface area (Å²) in [7, 11) is -3.52. The van der Waals surface area contributed by atoms with Gasteiger partial charge < -0.3 is 13.9 Å². The fourth-order valence-electron chi connectivity index (χ4n) is 3.47. The van der Waals surface area contributed by atoms with E-state index in [2.05, 4.69) is 4.57 Å². The Morgan fingerprint density at radius 1 is 1.07 bits per heavy atom. The second-order valence-electron chi connectivity index (χ2n) is 6.64. The summed E-state index contributed by atoms with van der Waals surface area (Å²) in [5.74, 6) is -0.0726. The largest absolute Gasteiger partial charge is 0.455 e. The van der Waals surface area contributed by atoms with Crippen molar-refractivity contribution in [3.8, 4) is 0 Å². The van der Waals surface area contributed by atoms with Gasteiger partial charge in [-0.05, 0) is 43.3 Å². The molecule has 3 aromatic rings. The lowest BCUT2D eigenvalue weighted by Gasteiger charge is -2.34. The van der Waals surface area contributed by atoms with E-state index in [9.17, 15) is 13.2 Å². The minimum Gasteiger partial charge on any atom is -0.455 e. The average Bonchev–Trinajstić information content (AvgIpc) is 3.32. The molecule has 4 rings (SSSR count). The van der Waals surface area contributed by atoms with Crippen LogP contribution in [0.2, 0.25) is 0 Å². The summed E-state index contributed by atoms with van der Waals surface area (Å²) in [4.78, 5) is 14.9. The number of amides is 1. The second-order valence-corrected chi connectivity index (χ2v) is 8.63. The number of nitrogens with zero attached hydrogens (tertiary/aromatic N) is 2. The number of carbonyl (C=O) groups is 1. The normalized spacial score (nSPS) is 16.9. The zero-order chi connectivity index (χ0) is 19.0. The molecule has 0 saturated carbocycles. The molecule has 0 bridgehead atoms. The molecule has 0 aliphatic carbocycles. The highest BCUT2D eigenvalue weighted by Gasteiger charge is 2.30. The van der Waals surface area contributed by atoms with E-state index in [1.807, 2.05) is 25.3 Å². The molecule has 0 fully saturated rings. The third-order valence-electron chi connectivity index (χ3n) is 4.91. The molecule has 1 amide bonds. The van der Waals surface area contributed by atoms with Gasteiger partial charge in [-0.25, -0.2) is 8.42 Å². The van der Waals surface area contributed by atoms with Crippen molar-refractivity contribution in [2.75, 3.05) is 6.54 Å². The summed E-state index contributed by atoms with van der Waals surface area (Å²) in [5.41, 5.74) is 1.08. The number of sulfone groups is 1. The standard InChI is InChI=1S/C20H20N2O4S/c1-15-18-8-5-11-21(18)12-13-22(15)20(23)19-10-9-16(26-19)14-27(24,25)17-6-3-2-4-7-17/h2-11,15H,12-14H2,1H3/t15-/m1/s1. The van der Waals surface area contributed by atoms with Crippen molar-refractivity contribution >= 4 is 15.7 Å². The first-order chi connectivity index (χ1) is 13.0. The number of furan rings is 1. The van der Waals surface area contributed by atoms with Gasteiger partial charge in [0.25, 0.3) is 5.91 Å². The molecule has 0 radical (unpaired) electrons. The van der Waals surface area contributed by atoms with Crippen LogP contribution in [0, 0.1) is 0 Å². The van der Waals surface area contributed by atoms with Crippen molar-refractivity contribution in [3.05, 3.63) is 78.0 Å². The molecule has 6 nitrogen and oxygen atoms in total. The van der Waals surface area contributed by atoms with Crippen LogP contribution in [0.15, 0.2) is 70.1 Å². The van der Waals surface area contributed by atoms with E-state index in [1.54, 1.807) is 47.4 Å². The van der Waals surface area contributed by atoms with E-state index >= 15 is 0 Å². The number of benzene rings is 1. The highest BCUT2D eigenvalue weighted by Crippen LogP contribution is 2.27. The molecule has 0 spiro atoms. The maximum Gasteiger partial charge on any atom is 0.290 e. The number of rotatable bonds is 4. The summed E-state index contributed by atoms with van der Waals surface area (Å²) >= 11 is 0. The Hall–Kier alpha value is -2.80. The highest BCUT2D eigenvalue weighted by atomic mass is 32.2. The van der Waals surface area contributed by atoms with Crippen molar-refractivity contribution in [2.45, 2.75) is 30.2 Å². The van der Waals surface area contributed by atoms with Gasteiger partial charge >= 0.3 is 0 Å². The van der Waals surface area contributed by atoms with Gasteiger partial charge in [0.1, 0.15) is 11.5 Å². The molecule has 0 saturated heterocycles. The molecule has 0 unspecified atom stereocenters. The lowest BCUT2D eigenvalue weighted by atomic mass is 10.1. The molecule has 1 aliphatic rings. The Kier molecular flexibility index (Phi) is 4.39. The SMILES string of the molecule is C[C@@H]1c2cccn2CCN1C(=O)c1ccc(CS(=O)(=O)c2ccccc2)o1. The number of aromatic nitrogens is 1. The van der Waals surface area contributed by atoms with Crippen LogP contribution in [-0.4, -0.2) is 30.3 Å². The smallest absolute Gasteiger partial charge is 0.290 e. The number of hydrogen-bond acceptors (Lipinski definition) is 4. The van der Waals surface area contributed by atoms with E-state index in [-0.39, 0.29) is 34.1 Å². The van der Waals surface area contributed by atoms with E-state index in [0.29, 0.717) is 6.54 Å². The van der Waals surface area contributed by atoms with Gasteiger partial charge in [0.05, 0.1) is 10.9 Å². The predicted octanol–water partition coefficient (Wildman–Crippen LogP) is 3.27. The minimum absolute atomic E-state index is 0.0668. The van der Waals surface area contributed by atoms with Crippen LogP contribution in [0.3, 0.4) is 0 Å². The summed E-state index contributed by atoms with van der Waals surface area (Å²) in [6, 6.07) is 15.2. The maximum absolute atomic E-state index is 12.9. The van der Waals surface area contributed by atoms with Crippen LogP contribution < -0.4 is 0 Å². The van der Waals surface area contributed by atoms with Crippen molar-refractivity contribution < 1.29 is 17.6 Å². The van der Waals surface area contributed by atoms with Gasteiger partial charge in [0, 0.05) is 25.0 Å². The van der Waals surface area contributed by atoms with Crippen LogP contribution in [-0.2, 0) is 22.1 Å². The predicted molar refractivity (Wildman–Crippen MR) is 99.9 cm³/mol. The Morgan fingerprint density at radius 3 is 2.63 bits per heavy atom. The van der Waals surface area contributed by atoms with E-state index < -0.39 is 9.84 Å². The molecule has 1 aliphatic heterocycles. The Labute approximate surface area is 157 Å². The van der Waals surface area contributed by atoms with Gasteiger partial charge in [-0.1, -0.05) is 18.2 Å². The quantitative estimate of drug-likeness (QED) is 0.692. The minimum atomic E-state index is -3.52. The first-order valence-electron chi connectivity index (χ1n) is 8.78. The monoisotopic (exact) mass is 384 g/mol. The molecule has 7 heteroatoms. The van der Waals surface area contributed by atoms with E-state index in [0.717, 1.165) is 12.2 Å². The molecule has 0 N–H and O–H groups in total. The molecule has 1 aromatic carbocycles. The van der Waals surface area contributed by atoms with Gasteiger partial charge in [-0.2, -0.15) is 0 Å². The summed E-state index contributed by atoms with van der Waals surface area (Å²) in [6.45, 7) is 3.29. The Balaban J connectivity index is 1.52. The first-order valence-corrected chi connectivity index (χ1v) is 10.4. The van der Waals surface area contributed by atoms with Crippen LogP contribution >= 0.6 is 0 Å². The molecule has 3 heterocycles. The van der Waals surface area contributed by atoms with Crippen LogP contribution in [0.4, 0.5) is 0 Å². The molecule has 140 valence electrons. The number of hydrogen-bond donors (Lipinski definition) is 0. The highest BCUT2D eigenvalue weighted by molar-refractivity contribution is 7.90. The zero-order valence-corrected chi connectivity index (χ0v) is 15.7. The molecule has 1 atom stereocenters. The average molecular weight is 384 g/mol. The Morgan fingerprint density at radius 2 is 1.85 bits per heavy atom. The van der Waals surface area contributed by atoms with Crippen molar-refractivity contribution in [3.63, 3.8) is 0 Å². The van der Waals surface area contributed by atoms with Crippen LogP contribution in [0.25, 0.3) is 0 Å². The first kappa shape index (κ1) is 17.6. The fraction of sp³-hybridized carbons (Fsp3) is 0.250. The fourth-order valence-corrected chi connectivity index (χ4v) is 4.74. The van der Waals surface area contributed by atoms with E-state index in [4.69, 9.17) is 4.42 Å². The zero-order valence-electron chi connectivity index (χ0n) is 14.9. The second kappa shape index (κ2) is 6.74. The lowest BCUT2D eigenvalue weighted by molar-refractivity contribution is 0.0609. The van der Waals surface area contributed by atoms with Crippen LogP contribution in [0.5, 0.6) is 0 Å². The van der Waals surface area contributed by atoms with Gasteiger partial charge in [-0.15, -0.1) is 0 Å². The third kappa shape index (κ3) is 3.30. The van der Waals surface area contributed by atoms with Crippen molar-refractivity contribution in [1.29, 1.82) is 0 Å². The van der Waals surface area contributed by atoms with Crippen molar-refractivity contribution in [2.24, 2.45) is 0 Å².